The summed E-state index contributed by atoms with van der Waals surface area (Å²) in [5, 5.41) is 3.31. The Morgan fingerprint density at radius 3 is 2.70 bits per heavy atom. The zero-order chi connectivity index (χ0) is 14.5. The van der Waals surface area contributed by atoms with Crippen LogP contribution in [0.5, 0.6) is 5.75 Å². The number of anilines is 1. The number of aryl methyl sites for hydroxylation is 1. The van der Waals surface area contributed by atoms with Crippen molar-refractivity contribution in [1.29, 1.82) is 0 Å². The Morgan fingerprint density at radius 1 is 1.25 bits per heavy atom. The van der Waals surface area contributed by atoms with Gasteiger partial charge in [-0.05, 0) is 48.4 Å². The van der Waals surface area contributed by atoms with Crippen molar-refractivity contribution in [3.8, 4) is 5.75 Å². The second-order valence-corrected chi connectivity index (χ2v) is 4.60. The van der Waals surface area contributed by atoms with Crippen molar-refractivity contribution in [3.05, 3.63) is 59.2 Å². The van der Waals surface area contributed by atoms with Crippen molar-refractivity contribution in [2.75, 3.05) is 12.4 Å². The minimum atomic E-state index is -0.410. The quantitative estimate of drug-likeness (QED) is 0.878. The lowest BCUT2D eigenvalue weighted by molar-refractivity contribution is 0.1000. The van der Waals surface area contributed by atoms with Crippen molar-refractivity contribution >= 4 is 11.6 Å². The van der Waals surface area contributed by atoms with Crippen LogP contribution in [0.3, 0.4) is 0 Å². The Hall–Kier alpha value is -2.49. The van der Waals surface area contributed by atoms with E-state index in [2.05, 4.69) is 5.32 Å². The Bertz CT molecular complexity index is 624. The number of primary amides is 1. The SMILES string of the molecule is COc1ccc(NCc2cccc(C(N)=O)c2)cc1C. The highest BCUT2D eigenvalue weighted by Gasteiger charge is 2.02. The molecule has 0 unspecified atom stereocenters. The normalized spacial score (nSPS) is 10.1. The number of amides is 1. The van der Waals surface area contributed by atoms with Gasteiger partial charge in [0.25, 0.3) is 0 Å². The zero-order valence-corrected chi connectivity index (χ0v) is 11.6. The van der Waals surface area contributed by atoms with Gasteiger partial charge in [0, 0.05) is 17.8 Å². The Kier molecular flexibility index (Phi) is 4.25. The fourth-order valence-electron chi connectivity index (χ4n) is 2.03. The van der Waals surface area contributed by atoms with E-state index in [0.717, 1.165) is 22.6 Å². The van der Waals surface area contributed by atoms with E-state index in [1.54, 1.807) is 19.2 Å². The van der Waals surface area contributed by atoms with Gasteiger partial charge in [-0.3, -0.25) is 4.79 Å². The molecule has 0 fully saturated rings. The monoisotopic (exact) mass is 270 g/mol. The highest BCUT2D eigenvalue weighted by atomic mass is 16.5. The Balaban J connectivity index is 2.07. The molecule has 0 aliphatic rings. The van der Waals surface area contributed by atoms with Crippen LogP contribution in [-0.2, 0) is 6.54 Å². The summed E-state index contributed by atoms with van der Waals surface area (Å²) in [6, 6.07) is 13.2. The smallest absolute Gasteiger partial charge is 0.248 e. The lowest BCUT2D eigenvalue weighted by atomic mass is 10.1. The molecule has 0 spiro atoms. The summed E-state index contributed by atoms with van der Waals surface area (Å²) in [7, 11) is 1.66. The van der Waals surface area contributed by atoms with Crippen molar-refractivity contribution < 1.29 is 9.53 Å². The summed E-state index contributed by atoms with van der Waals surface area (Å²) in [4.78, 5) is 11.1. The Morgan fingerprint density at radius 2 is 2.05 bits per heavy atom. The molecule has 0 saturated heterocycles. The van der Waals surface area contributed by atoms with E-state index in [-0.39, 0.29) is 0 Å². The number of nitrogens with one attached hydrogen (secondary N) is 1. The molecular formula is C16H18N2O2. The third kappa shape index (κ3) is 3.29. The molecule has 1 amide bonds. The topological polar surface area (TPSA) is 64.3 Å². The van der Waals surface area contributed by atoms with Gasteiger partial charge in [0.1, 0.15) is 5.75 Å². The van der Waals surface area contributed by atoms with Gasteiger partial charge in [-0.2, -0.15) is 0 Å². The van der Waals surface area contributed by atoms with Gasteiger partial charge in [0.2, 0.25) is 5.91 Å². The van der Waals surface area contributed by atoms with Crippen molar-refractivity contribution in [1.82, 2.24) is 0 Å². The molecule has 0 saturated carbocycles. The van der Waals surface area contributed by atoms with Gasteiger partial charge in [-0.15, -0.1) is 0 Å². The molecule has 0 radical (unpaired) electrons. The number of nitrogens with two attached hydrogens (primary N) is 1. The number of benzene rings is 2. The number of hydrogen-bond donors (Lipinski definition) is 2. The second kappa shape index (κ2) is 6.10. The molecule has 0 aliphatic heterocycles. The van der Waals surface area contributed by atoms with Crippen LogP contribution in [0, 0.1) is 6.92 Å². The molecule has 0 aliphatic carbocycles. The van der Waals surface area contributed by atoms with E-state index in [4.69, 9.17) is 10.5 Å². The minimum Gasteiger partial charge on any atom is -0.496 e. The van der Waals surface area contributed by atoms with Crippen molar-refractivity contribution in [2.45, 2.75) is 13.5 Å². The van der Waals surface area contributed by atoms with Crippen LogP contribution in [0.4, 0.5) is 5.69 Å². The van der Waals surface area contributed by atoms with Gasteiger partial charge in [-0.25, -0.2) is 0 Å². The molecule has 0 atom stereocenters. The Labute approximate surface area is 118 Å². The van der Waals surface area contributed by atoms with E-state index in [1.807, 2.05) is 37.3 Å². The predicted octanol–water partition coefficient (Wildman–Crippen LogP) is 2.71. The van der Waals surface area contributed by atoms with E-state index < -0.39 is 5.91 Å². The molecule has 0 heterocycles. The third-order valence-corrected chi connectivity index (χ3v) is 3.10. The lowest BCUT2D eigenvalue weighted by Gasteiger charge is -2.10. The predicted molar refractivity (Wildman–Crippen MR) is 80.0 cm³/mol. The van der Waals surface area contributed by atoms with Crippen molar-refractivity contribution in [2.24, 2.45) is 5.73 Å². The molecule has 2 aromatic carbocycles. The minimum absolute atomic E-state index is 0.410. The van der Waals surface area contributed by atoms with Crippen LogP contribution >= 0.6 is 0 Å². The molecule has 2 aromatic rings. The highest BCUT2D eigenvalue weighted by Crippen LogP contribution is 2.21. The van der Waals surface area contributed by atoms with Crippen LogP contribution in [0.25, 0.3) is 0 Å². The van der Waals surface area contributed by atoms with E-state index in [1.165, 1.54) is 0 Å². The van der Waals surface area contributed by atoms with Crippen LogP contribution in [0.2, 0.25) is 0 Å². The molecule has 20 heavy (non-hydrogen) atoms. The summed E-state index contributed by atoms with van der Waals surface area (Å²) < 4.78 is 5.23. The summed E-state index contributed by atoms with van der Waals surface area (Å²) in [6.45, 7) is 2.63. The average Bonchev–Trinajstić information content (AvgIpc) is 2.45. The van der Waals surface area contributed by atoms with E-state index in [9.17, 15) is 4.79 Å². The summed E-state index contributed by atoms with van der Waals surface area (Å²) in [5.74, 6) is 0.457. The third-order valence-electron chi connectivity index (χ3n) is 3.10. The van der Waals surface area contributed by atoms with Crippen LogP contribution in [-0.4, -0.2) is 13.0 Å². The standard InChI is InChI=1S/C16H18N2O2/c1-11-8-14(6-7-15(11)20-2)18-10-12-4-3-5-13(9-12)16(17)19/h3-9,18H,10H2,1-2H3,(H2,17,19). The second-order valence-electron chi connectivity index (χ2n) is 4.60. The van der Waals surface area contributed by atoms with Gasteiger partial charge < -0.3 is 15.8 Å². The first-order valence-electron chi connectivity index (χ1n) is 6.37. The molecule has 4 heteroatoms. The number of hydrogen-bond acceptors (Lipinski definition) is 3. The number of carbonyl (C=O) groups is 1. The molecule has 104 valence electrons. The highest BCUT2D eigenvalue weighted by molar-refractivity contribution is 5.92. The maximum absolute atomic E-state index is 11.1. The lowest BCUT2D eigenvalue weighted by Crippen LogP contribution is -2.11. The first-order valence-corrected chi connectivity index (χ1v) is 6.37. The first-order chi connectivity index (χ1) is 9.60. The van der Waals surface area contributed by atoms with E-state index >= 15 is 0 Å². The maximum Gasteiger partial charge on any atom is 0.248 e. The maximum atomic E-state index is 11.1. The molecule has 4 nitrogen and oxygen atoms in total. The van der Waals surface area contributed by atoms with Gasteiger partial charge in [0.05, 0.1) is 7.11 Å². The number of ether oxygens (including phenoxy) is 1. The van der Waals surface area contributed by atoms with Crippen LogP contribution in [0.1, 0.15) is 21.5 Å². The largest absolute Gasteiger partial charge is 0.496 e. The molecular weight excluding hydrogens is 252 g/mol. The van der Waals surface area contributed by atoms with E-state index in [0.29, 0.717) is 12.1 Å². The van der Waals surface area contributed by atoms with Gasteiger partial charge in [0.15, 0.2) is 0 Å². The zero-order valence-electron chi connectivity index (χ0n) is 11.6. The summed E-state index contributed by atoms with van der Waals surface area (Å²) in [5.41, 5.74) is 8.88. The molecule has 2 rings (SSSR count). The fourth-order valence-corrected chi connectivity index (χ4v) is 2.03. The molecule has 3 N–H and O–H groups in total. The summed E-state index contributed by atoms with van der Waals surface area (Å²) >= 11 is 0. The molecule has 0 aromatic heterocycles. The number of methoxy groups -OCH3 is 1. The summed E-state index contributed by atoms with van der Waals surface area (Å²) in [6.07, 6.45) is 0. The van der Waals surface area contributed by atoms with Gasteiger partial charge in [-0.1, -0.05) is 12.1 Å². The number of rotatable bonds is 5. The first kappa shape index (κ1) is 13.9. The fraction of sp³-hybridized carbons (Fsp3) is 0.188. The van der Waals surface area contributed by atoms with Crippen molar-refractivity contribution in [3.63, 3.8) is 0 Å². The molecule has 0 bridgehead atoms. The van der Waals surface area contributed by atoms with Crippen LogP contribution < -0.4 is 15.8 Å². The average molecular weight is 270 g/mol. The van der Waals surface area contributed by atoms with Gasteiger partial charge >= 0.3 is 0 Å². The number of carbonyl (C=O) groups excluding carboxylic acids is 1. The van der Waals surface area contributed by atoms with Crippen LogP contribution in [0.15, 0.2) is 42.5 Å².